The van der Waals surface area contributed by atoms with Gasteiger partial charge in [-0.2, -0.15) is 0 Å². The molecule has 0 bridgehead atoms. The molecule has 5 rings (SSSR count). The van der Waals surface area contributed by atoms with E-state index in [4.69, 9.17) is 10.5 Å². The molecule has 0 aliphatic heterocycles. The van der Waals surface area contributed by atoms with Gasteiger partial charge in [0.25, 0.3) is 0 Å². The van der Waals surface area contributed by atoms with Crippen molar-refractivity contribution in [1.29, 1.82) is 0 Å². The van der Waals surface area contributed by atoms with Gasteiger partial charge in [0.1, 0.15) is 17.2 Å². The smallest absolute Gasteiger partial charge is 0.323 e. The molecule has 8 atom stereocenters. The first-order valence-electron chi connectivity index (χ1n) is 15.3. The molecular weight excluding hydrogens is 518 g/mol. The van der Waals surface area contributed by atoms with Gasteiger partial charge < -0.3 is 25.8 Å². The van der Waals surface area contributed by atoms with E-state index in [2.05, 4.69) is 24.3 Å². The highest BCUT2D eigenvalue weighted by Gasteiger charge is 2.83. The molecule has 224 valence electrons. The first kappa shape index (κ1) is 30.1. The summed E-state index contributed by atoms with van der Waals surface area (Å²) in [5.74, 6) is -2.75. The Kier molecular flexibility index (Phi) is 7.90. The van der Waals surface area contributed by atoms with Gasteiger partial charge in [-0.25, -0.2) is 0 Å². The monoisotopic (exact) mass is 565 g/mol. The molecule has 1 aromatic carbocycles. The predicted octanol–water partition coefficient (Wildman–Crippen LogP) is 4.03. The zero-order valence-corrected chi connectivity index (χ0v) is 24.9. The Hall–Kier alpha value is -2.32. The number of hydrogen-bond donors (Lipinski definition) is 4. The lowest BCUT2D eigenvalue weighted by Gasteiger charge is -2.50. The van der Waals surface area contributed by atoms with Crippen molar-refractivity contribution in [1.82, 2.24) is 0 Å². The number of carbonyl (C=O) groups is 2. The Bertz CT molecular complexity index is 1240. The van der Waals surface area contributed by atoms with Crippen molar-refractivity contribution in [3.05, 3.63) is 59.2 Å². The molecule has 0 aromatic heterocycles. The number of aryl methyl sites for hydroxylation is 1. The maximum Gasteiger partial charge on any atom is 0.323 e. The van der Waals surface area contributed by atoms with E-state index in [0.717, 1.165) is 32.1 Å². The number of benzene rings is 1. The minimum atomic E-state index is -1.80. The molecule has 0 radical (unpaired) electrons. The average molecular weight is 566 g/mol. The van der Waals surface area contributed by atoms with Crippen molar-refractivity contribution >= 4 is 11.8 Å². The van der Waals surface area contributed by atoms with Crippen LogP contribution in [0.4, 0.5) is 0 Å². The summed E-state index contributed by atoms with van der Waals surface area (Å²) >= 11 is 0. The summed E-state index contributed by atoms with van der Waals surface area (Å²) in [6, 6.07) is 9.72. The van der Waals surface area contributed by atoms with Crippen molar-refractivity contribution in [2.75, 3.05) is 6.61 Å². The average Bonchev–Trinajstić information content (AvgIpc) is 3.34. The predicted molar refractivity (Wildman–Crippen MR) is 157 cm³/mol. The third kappa shape index (κ3) is 4.73. The van der Waals surface area contributed by atoms with E-state index < -0.39 is 51.8 Å². The SMILES string of the molecule is CC1=C[C@H]2[C@@]3(O)[C@H](C)C[C@]4(OC(=O)[C@@H](N)CCCCCCc5ccccc5)C([C@@H]3C=C(CO)C[C@]2(O)C1=O)C4(C)C. The van der Waals surface area contributed by atoms with Crippen LogP contribution in [0.1, 0.15) is 78.2 Å². The van der Waals surface area contributed by atoms with Crippen LogP contribution in [0.15, 0.2) is 53.6 Å². The molecule has 2 saturated carbocycles. The molecule has 4 aliphatic carbocycles. The summed E-state index contributed by atoms with van der Waals surface area (Å²) in [5, 5.41) is 34.2. The fraction of sp³-hybridized carbons (Fsp3) is 0.647. The van der Waals surface area contributed by atoms with Crippen LogP contribution < -0.4 is 5.73 Å². The molecule has 2 fully saturated rings. The molecule has 0 spiro atoms. The van der Waals surface area contributed by atoms with Crippen molar-refractivity contribution in [3.63, 3.8) is 0 Å². The number of nitrogens with two attached hydrogens (primary N) is 1. The number of ether oxygens (including phenoxy) is 1. The van der Waals surface area contributed by atoms with Gasteiger partial charge in [-0.15, -0.1) is 0 Å². The number of ketones is 1. The summed E-state index contributed by atoms with van der Waals surface area (Å²) < 4.78 is 6.31. The zero-order valence-electron chi connectivity index (χ0n) is 24.9. The Morgan fingerprint density at radius 3 is 2.46 bits per heavy atom. The number of unbranched alkanes of at least 4 members (excludes halogenated alkanes) is 3. The van der Waals surface area contributed by atoms with Gasteiger partial charge in [0.05, 0.1) is 12.2 Å². The highest BCUT2D eigenvalue weighted by molar-refractivity contribution is 6.04. The summed E-state index contributed by atoms with van der Waals surface area (Å²) in [6.45, 7) is 7.35. The normalized spacial score (nSPS) is 37.6. The number of rotatable bonds is 10. The van der Waals surface area contributed by atoms with E-state index in [1.165, 1.54) is 5.56 Å². The Balaban J connectivity index is 1.26. The highest BCUT2D eigenvalue weighted by atomic mass is 16.6. The third-order valence-electron chi connectivity index (χ3n) is 11.0. The van der Waals surface area contributed by atoms with E-state index in [1.54, 1.807) is 13.0 Å². The molecule has 1 aromatic rings. The second-order valence-corrected chi connectivity index (χ2v) is 13.8. The third-order valence-corrected chi connectivity index (χ3v) is 11.0. The van der Waals surface area contributed by atoms with Crippen LogP contribution in [0.2, 0.25) is 0 Å². The maximum atomic E-state index is 13.3. The van der Waals surface area contributed by atoms with E-state index in [9.17, 15) is 24.9 Å². The van der Waals surface area contributed by atoms with E-state index >= 15 is 0 Å². The molecule has 41 heavy (non-hydrogen) atoms. The van der Waals surface area contributed by atoms with Gasteiger partial charge in [0.2, 0.25) is 0 Å². The first-order valence-corrected chi connectivity index (χ1v) is 15.3. The van der Waals surface area contributed by atoms with Crippen LogP contribution in [-0.2, 0) is 20.7 Å². The summed E-state index contributed by atoms with van der Waals surface area (Å²) in [6.07, 6.45) is 9.59. The number of Topliss-reactive ketones (excluding diaryl/α,β-unsaturated/α-hetero) is 1. The number of esters is 1. The lowest BCUT2D eigenvalue weighted by Crippen LogP contribution is -2.61. The Morgan fingerprint density at radius 1 is 1.10 bits per heavy atom. The van der Waals surface area contributed by atoms with Crippen molar-refractivity contribution in [3.8, 4) is 0 Å². The van der Waals surface area contributed by atoms with E-state index in [-0.39, 0.29) is 24.9 Å². The molecule has 7 heteroatoms. The van der Waals surface area contributed by atoms with Crippen LogP contribution in [-0.4, -0.2) is 56.5 Å². The van der Waals surface area contributed by atoms with Crippen molar-refractivity contribution < 1.29 is 29.6 Å². The summed E-state index contributed by atoms with van der Waals surface area (Å²) in [4.78, 5) is 26.4. The quantitative estimate of drug-likeness (QED) is 0.191. The largest absolute Gasteiger partial charge is 0.457 e. The van der Waals surface area contributed by atoms with Crippen LogP contribution in [0.3, 0.4) is 0 Å². The number of aliphatic hydroxyl groups excluding tert-OH is 1. The minimum absolute atomic E-state index is 0.0253. The second kappa shape index (κ2) is 10.7. The Labute approximate surface area is 243 Å². The zero-order chi connectivity index (χ0) is 29.8. The molecular formula is C34H47NO6. The van der Waals surface area contributed by atoms with Gasteiger partial charge in [-0.05, 0) is 55.2 Å². The number of fused-ring (bicyclic) bond motifs is 5. The lowest BCUT2D eigenvalue weighted by molar-refractivity contribution is -0.187. The first-order chi connectivity index (χ1) is 19.3. The molecule has 5 N–H and O–H groups in total. The molecule has 7 nitrogen and oxygen atoms in total. The number of carbonyl (C=O) groups excluding carboxylic acids is 2. The molecule has 0 amide bonds. The van der Waals surface area contributed by atoms with Gasteiger partial charge >= 0.3 is 5.97 Å². The van der Waals surface area contributed by atoms with Crippen LogP contribution in [0, 0.1) is 29.1 Å². The van der Waals surface area contributed by atoms with E-state index in [0.29, 0.717) is 24.0 Å². The van der Waals surface area contributed by atoms with Crippen LogP contribution in [0.25, 0.3) is 0 Å². The summed E-state index contributed by atoms with van der Waals surface area (Å²) in [7, 11) is 0. The van der Waals surface area contributed by atoms with Crippen LogP contribution >= 0.6 is 0 Å². The number of aliphatic hydroxyl groups is 3. The molecule has 1 unspecified atom stereocenters. The van der Waals surface area contributed by atoms with Gasteiger partial charge in [0.15, 0.2) is 5.78 Å². The fourth-order valence-corrected chi connectivity index (χ4v) is 8.66. The molecule has 0 heterocycles. The standard InChI is InChI=1S/C34H47NO6/c1-21-16-27-32(39,29(21)37)19-24(20-36)17-25-28-31(3,4)33(28,18-22(2)34(25,27)40)41-30(38)26(35)15-11-6-5-8-12-23-13-9-7-10-14-23/h7,9-10,13-14,16-17,22,25-28,36,39-40H,5-6,8,11-12,15,18-20,35H2,1-4H3/t22-,25+,26+,27-,28?,32-,33+,34-/m1/s1. The van der Waals surface area contributed by atoms with Gasteiger partial charge in [-0.3, -0.25) is 9.59 Å². The fourth-order valence-electron chi connectivity index (χ4n) is 8.66. The second-order valence-electron chi connectivity index (χ2n) is 13.8. The Morgan fingerprint density at radius 2 is 1.78 bits per heavy atom. The molecule has 0 saturated heterocycles. The minimum Gasteiger partial charge on any atom is -0.457 e. The number of hydrogen-bond acceptors (Lipinski definition) is 7. The van der Waals surface area contributed by atoms with Gasteiger partial charge in [0, 0.05) is 29.6 Å². The van der Waals surface area contributed by atoms with Crippen molar-refractivity contribution in [2.24, 2.45) is 34.8 Å². The highest BCUT2D eigenvalue weighted by Crippen LogP contribution is 2.76. The van der Waals surface area contributed by atoms with E-state index in [1.807, 2.05) is 32.9 Å². The summed E-state index contributed by atoms with van der Waals surface area (Å²) in [5.41, 5.74) is 4.14. The topological polar surface area (TPSA) is 130 Å². The van der Waals surface area contributed by atoms with Gasteiger partial charge in [-0.1, -0.05) is 82.5 Å². The molecule has 4 aliphatic rings. The maximum absolute atomic E-state index is 13.3. The lowest BCUT2D eigenvalue weighted by atomic mass is 9.60. The van der Waals surface area contributed by atoms with Crippen molar-refractivity contribution in [2.45, 2.75) is 102 Å². The van der Waals surface area contributed by atoms with Crippen LogP contribution in [0.5, 0.6) is 0 Å².